The average molecular weight is 665 g/mol. The lowest BCUT2D eigenvalue weighted by atomic mass is 9.15. The third kappa shape index (κ3) is 4.29. The summed E-state index contributed by atoms with van der Waals surface area (Å²) in [5.41, 5.74) is 2.11. The van der Waals surface area contributed by atoms with Gasteiger partial charge in [-0.15, -0.1) is 0 Å². The molecule has 1 heterocycles. The van der Waals surface area contributed by atoms with Crippen molar-refractivity contribution in [2.45, 2.75) is 145 Å². The first-order chi connectivity index (χ1) is 22.3. The van der Waals surface area contributed by atoms with E-state index in [0.29, 0.717) is 45.5 Å². The molecule has 1 aliphatic heterocycles. The Morgan fingerprint density at radius 3 is 2.29 bits per heavy atom. The number of carboxylic acid groups (broad SMARTS) is 1. The quantitative estimate of drug-likeness (QED) is 0.191. The Morgan fingerprint density at radius 2 is 1.65 bits per heavy atom. The number of nitrogens with one attached hydrogen (secondary N) is 1. The number of allylic oxidation sites excluding steroid dienone is 1. The van der Waals surface area contributed by atoms with Crippen LogP contribution >= 0.6 is 0 Å². The van der Waals surface area contributed by atoms with Crippen molar-refractivity contribution in [1.29, 1.82) is 0 Å². The van der Waals surface area contributed by atoms with Gasteiger partial charge in [-0.3, -0.25) is 9.59 Å². The number of hydrogen-bond acceptors (Lipinski definition) is 5. The molecule has 7 aliphatic rings. The number of nitrogens with zero attached hydrogens (tertiary/aromatic N) is 1. The van der Waals surface area contributed by atoms with Crippen LogP contribution in [0, 0.1) is 67.5 Å². The fourth-order valence-electron chi connectivity index (χ4n) is 15.8. The number of esters is 1. The first-order valence-electron chi connectivity index (χ1n) is 19.8. The number of fused-ring (bicyclic) bond motifs is 6. The number of likely N-dealkylation sites (N-methyl/N-ethyl adjacent to an activating group) is 1. The number of aliphatic carboxylic acids is 1. The molecule has 0 amide bonds. The molecule has 270 valence electrons. The Labute approximate surface area is 292 Å². The summed E-state index contributed by atoms with van der Waals surface area (Å²) in [4.78, 5) is 27.6. The molecule has 0 radical (unpaired) electrons. The predicted molar refractivity (Wildman–Crippen MR) is 191 cm³/mol. The molecule has 0 aromatic rings. The molecule has 2 N–H and O–H groups in total. The molecule has 7 fully saturated rings. The summed E-state index contributed by atoms with van der Waals surface area (Å²) in [6, 6.07) is 0.659. The van der Waals surface area contributed by atoms with Gasteiger partial charge < -0.3 is 20.1 Å². The van der Waals surface area contributed by atoms with E-state index < -0.39 is 11.4 Å². The van der Waals surface area contributed by atoms with Gasteiger partial charge in [0.2, 0.25) is 0 Å². The molecule has 0 bridgehead atoms. The normalized spacial score (nSPS) is 48.9. The van der Waals surface area contributed by atoms with Crippen molar-refractivity contribution in [3.8, 4) is 0 Å². The van der Waals surface area contributed by atoms with E-state index in [-0.39, 0.29) is 29.3 Å². The minimum Gasteiger partial charge on any atom is -0.481 e. The highest BCUT2D eigenvalue weighted by atomic mass is 16.5. The number of carbonyl (C=O) groups is 2. The van der Waals surface area contributed by atoms with Gasteiger partial charge in [-0.1, -0.05) is 46.8 Å². The molecule has 12 atom stereocenters. The molecule has 6 aliphatic carbocycles. The summed E-state index contributed by atoms with van der Waals surface area (Å²) in [5.74, 6) is 2.19. The highest BCUT2D eigenvalue weighted by Gasteiger charge is 2.89. The van der Waals surface area contributed by atoms with Gasteiger partial charge in [0.25, 0.3) is 0 Å². The van der Waals surface area contributed by atoms with E-state index in [4.69, 9.17) is 4.74 Å². The van der Waals surface area contributed by atoms with Crippen LogP contribution in [-0.4, -0.2) is 60.8 Å². The average Bonchev–Trinajstić information content (AvgIpc) is 3.57. The van der Waals surface area contributed by atoms with Crippen LogP contribution in [0.5, 0.6) is 0 Å². The van der Waals surface area contributed by atoms with Crippen LogP contribution in [0.1, 0.15) is 132 Å². The highest BCUT2D eigenvalue weighted by molar-refractivity contribution is 5.81. The zero-order valence-corrected chi connectivity index (χ0v) is 32.0. The zero-order chi connectivity index (χ0) is 34.9. The lowest BCUT2D eigenvalue weighted by Gasteiger charge is -2.89. The summed E-state index contributed by atoms with van der Waals surface area (Å²) in [6.45, 7) is 26.8. The first-order valence-corrected chi connectivity index (χ1v) is 19.8. The molecule has 0 aromatic heterocycles. The first kappa shape index (κ1) is 35.0. The fraction of sp³-hybridized carbons (Fsp3) is 0.905. The Morgan fingerprint density at radius 1 is 0.938 bits per heavy atom. The molecule has 48 heavy (non-hydrogen) atoms. The van der Waals surface area contributed by atoms with Gasteiger partial charge in [0, 0.05) is 18.0 Å². The van der Waals surface area contributed by atoms with Crippen molar-refractivity contribution in [3.05, 3.63) is 12.2 Å². The van der Waals surface area contributed by atoms with Gasteiger partial charge in [-0.05, 0) is 168 Å². The van der Waals surface area contributed by atoms with Crippen molar-refractivity contribution in [3.63, 3.8) is 0 Å². The lowest BCUT2D eigenvalue weighted by Crippen LogP contribution is -2.84. The van der Waals surface area contributed by atoms with Crippen molar-refractivity contribution >= 4 is 11.9 Å². The minimum absolute atomic E-state index is 0.0818. The second kappa shape index (κ2) is 11.1. The van der Waals surface area contributed by atoms with Crippen molar-refractivity contribution in [2.24, 2.45) is 67.5 Å². The maximum Gasteiger partial charge on any atom is 0.309 e. The number of ether oxygens (including phenoxy) is 1. The smallest absolute Gasteiger partial charge is 0.309 e. The van der Waals surface area contributed by atoms with Crippen molar-refractivity contribution in [1.82, 2.24) is 10.2 Å². The summed E-state index contributed by atoms with van der Waals surface area (Å²) in [5, 5.41) is 13.1. The van der Waals surface area contributed by atoms with E-state index in [1.54, 1.807) is 13.8 Å². The summed E-state index contributed by atoms with van der Waals surface area (Å²) in [6.07, 6.45) is 13.8. The summed E-state index contributed by atoms with van der Waals surface area (Å²) >= 11 is 0. The molecule has 7 unspecified atom stereocenters. The van der Waals surface area contributed by atoms with Gasteiger partial charge in [-0.2, -0.15) is 0 Å². The monoisotopic (exact) mass is 665 g/mol. The molecule has 0 aromatic carbocycles. The molecular weight excluding hydrogens is 596 g/mol. The van der Waals surface area contributed by atoms with Crippen LogP contribution < -0.4 is 5.32 Å². The van der Waals surface area contributed by atoms with Gasteiger partial charge >= 0.3 is 11.9 Å². The maximum absolute atomic E-state index is 13.1. The molecule has 6 heteroatoms. The minimum atomic E-state index is -1.11. The van der Waals surface area contributed by atoms with Crippen molar-refractivity contribution < 1.29 is 19.4 Å². The predicted octanol–water partition coefficient (Wildman–Crippen LogP) is 8.35. The molecular formula is C42H68N2O4. The second-order valence-corrected chi connectivity index (χ2v) is 20.4. The Kier molecular flexibility index (Phi) is 8.06. The lowest BCUT2D eigenvalue weighted by molar-refractivity contribution is -0.410. The number of carboxylic acids is 1. The van der Waals surface area contributed by atoms with Crippen molar-refractivity contribution in [2.75, 3.05) is 26.7 Å². The zero-order valence-electron chi connectivity index (χ0n) is 32.0. The van der Waals surface area contributed by atoms with E-state index in [9.17, 15) is 14.7 Å². The molecule has 6 saturated carbocycles. The molecule has 7 rings (SSSR count). The Bertz CT molecular complexity index is 1360. The van der Waals surface area contributed by atoms with E-state index in [0.717, 1.165) is 24.7 Å². The van der Waals surface area contributed by atoms with E-state index in [1.807, 2.05) is 0 Å². The largest absolute Gasteiger partial charge is 0.481 e. The SMILES string of the molecule is C=C(C)[C@@H]1CCC2(CCN3CCC(NC)C3)CC3[C@]4(C)C(CC[C@@H]5C6(C)CCC(OC(=O)CC(C)(C)C(=O)O)C(C)(C)[C@@H]6CCC54C)[C@@]312. The van der Waals surface area contributed by atoms with Crippen LogP contribution in [0.4, 0.5) is 0 Å². The Hall–Kier alpha value is -1.40. The van der Waals surface area contributed by atoms with Gasteiger partial charge in [-0.25, -0.2) is 0 Å². The third-order valence-corrected chi connectivity index (χ3v) is 18.2. The topological polar surface area (TPSA) is 78.9 Å². The summed E-state index contributed by atoms with van der Waals surface area (Å²) in [7, 11) is 2.12. The third-order valence-electron chi connectivity index (χ3n) is 18.2. The van der Waals surface area contributed by atoms with E-state index in [2.05, 4.69) is 65.4 Å². The Balaban J connectivity index is 1.12. The number of hydrogen-bond donors (Lipinski definition) is 2. The van der Waals surface area contributed by atoms with Crippen LogP contribution in [0.2, 0.25) is 0 Å². The van der Waals surface area contributed by atoms with Crippen LogP contribution in [0.25, 0.3) is 0 Å². The van der Waals surface area contributed by atoms with Crippen LogP contribution in [-0.2, 0) is 14.3 Å². The van der Waals surface area contributed by atoms with E-state index in [1.165, 1.54) is 83.0 Å². The van der Waals surface area contributed by atoms with Crippen LogP contribution in [0.3, 0.4) is 0 Å². The summed E-state index contributed by atoms with van der Waals surface area (Å²) < 4.78 is 6.20. The molecule has 1 saturated heterocycles. The second-order valence-electron chi connectivity index (χ2n) is 20.4. The molecule has 6 nitrogen and oxygen atoms in total. The maximum atomic E-state index is 13.1. The van der Waals surface area contributed by atoms with Gasteiger partial charge in [0.1, 0.15) is 6.10 Å². The standard InChI is InChI=1S/C42H68N2O4/c1-26(2)28-13-19-41(20-22-44-21-16-27(25-44)43-10)23-32-40(9)31(42(28,32)41)12-11-30-38(7)17-15-33(48-34(45)24-36(3,4)35(46)47)37(5,6)29(38)14-18-39(30,40)8/h27-33,43H,1,11-25H2,2-10H3,(H,46,47)/t27?,28-,29-,30+,31?,32?,33?,38?,39?,40-,41?,42+/m0/s1. The van der Waals surface area contributed by atoms with Gasteiger partial charge in [0.15, 0.2) is 0 Å². The molecule has 1 spiro atoms. The highest BCUT2D eigenvalue weighted by Crippen LogP contribution is 2.94. The fourth-order valence-corrected chi connectivity index (χ4v) is 15.8. The van der Waals surface area contributed by atoms with E-state index >= 15 is 0 Å². The number of carbonyl (C=O) groups excluding carboxylic acids is 1. The van der Waals surface area contributed by atoms with Crippen LogP contribution in [0.15, 0.2) is 12.2 Å². The number of likely N-dealkylation sites (tertiary alicyclic amines) is 1. The number of rotatable bonds is 9. The van der Waals surface area contributed by atoms with Gasteiger partial charge in [0.05, 0.1) is 11.8 Å².